The predicted octanol–water partition coefficient (Wildman–Crippen LogP) is 4.52. The Kier molecular flexibility index (Phi) is 3.97. The molecule has 120 valence electrons. The second kappa shape index (κ2) is 6.57. The van der Waals surface area contributed by atoms with Gasteiger partial charge in [0.1, 0.15) is 11.5 Å². The molecule has 3 aromatic carbocycles. The number of amidine groups is 1. The van der Waals surface area contributed by atoms with Gasteiger partial charge >= 0.3 is 0 Å². The van der Waals surface area contributed by atoms with E-state index in [-0.39, 0.29) is 5.91 Å². The number of hydrogen-bond donors (Lipinski definition) is 0. The topological polar surface area (TPSA) is 32.7 Å². The van der Waals surface area contributed by atoms with Gasteiger partial charge in [-0.1, -0.05) is 78.9 Å². The number of amides is 1. The SMILES string of the molecule is O=C1/C(=C\c2ccccc2)N=C(c2ccccc2)N1c1ccccc1. The molecule has 0 saturated heterocycles. The van der Waals surface area contributed by atoms with Crippen LogP contribution in [0.25, 0.3) is 6.08 Å². The molecule has 0 radical (unpaired) electrons. The number of carbonyl (C=O) groups is 1. The van der Waals surface area contributed by atoms with Crippen LogP contribution in [0.5, 0.6) is 0 Å². The Hall–Kier alpha value is -3.46. The molecule has 0 spiro atoms. The monoisotopic (exact) mass is 324 g/mol. The van der Waals surface area contributed by atoms with Gasteiger partial charge in [-0.3, -0.25) is 9.69 Å². The van der Waals surface area contributed by atoms with Gasteiger partial charge in [0.2, 0.25) is 0 Å². The van der Waals surface area contributed by atoms with Crippen LogP contribution in [0, 0.1) is 0 Å². The molecular formula is C22H16N2O. The van der Waals surface area contributed by atoms with Crippen LogP contribution >= 0.6 is 0 Å². The number of para-hydroxylation sites is 1. The maximum absolute atomic E-state index is 13.0. The summed E-state index contributed by atoms with van der Waals surface area (Å²) in [6.45, 7) is 0. The number of carbonyl (C=O) groups excluding carboxylic acids is 1. The summed E-state index contributed by atoms with van der Waals surface area (Å²) in [5, 5.41) is 0. The minimum atomic E-state index is -0.117. The first kappa shape index (κ1) is 15.1. The summed E-state index contributed by atoms with van der Waals surface area (Å²) < 4.78 is 0. The van der Waals surface area contributed by atoms with E-state index in [1.54, 1.807) is 4.90 Å². The Balaban J connectivity index is 1.83. The van der Waals surface area contributed by atoms with E-state index in [0.29, 0.717) is 11.5 Å². The summed E-state index contributed by atoms with van der Waals surface area (Å²) in [6.07, 6.45) is 1.83. The highest BCUT2D eigenvalue weighted by atomic mass is 16.2. The fraction of sp³-hybridized carbons (Fsp3) is 0. The van der Waals surface area contributed by atoms with Gasteiger partial charge in [-0.2, -0.15) is 0 Å². The first-order chi connectivity index (χ1) is 12.3. The predicted molar refractivity (Wildman–Crippen MR) is 101 cm³/mol. The van der Waals surface area contributed by atoms with Crippen molar-refractivity contribution in [2.24, 2.45) is 4.99 Å². The van der Waals surface area contributed by atoms with E-state index in [4.69, 9.17) is 0 Å². The van der Waals surface area contributed by atoms with Crippen molar-refractivity contribution in [1.29, 1.82) is 0 Å². The summed E-state index contributed by atoms with van der Waals surface area (Å²) in [5.41, 5.74) is 3.12. The molecule has 1 heterocycles. The van der Waals surface area contributed by atoms with E-state index in [1.165, 1.54) is 0 Å². The van der Waals surface area contributed by atoms with Crippen molar-refractivity contribution < 1.29 is 4.79 Å². The number of nitrogens with zero attached hydrogens (tertiary/aromatic N) is 2. The number of benzene rings is 3. The summed E-state index contributed by atoms with van der Waals surface area (Å²) in [5.74, 6) is 0.535. The third-order valence-corrected chi connectivity index (χ3v) is 4.01. The normalized spacial score (nSPS) is 15.5. The summed E-state index contributed by atoms with van der Waals surface area (Å²) in [6, 6.07) is 29.2. The van der Waals surface area contributed by atoms with Gasteiger partial charge in [-0.25, -0.2) is 4.99 Å². The van der Waals surface area contributed by atoms with Crippen LogP contribution in [0.3, 0.4) is 0 Å². The first-order valence-corrected chi connectivity index (χ1v) is 8.13. The van der Waals surface area contributed by atoms with Crippen molar-refractivity contribution in [2.75, 3.05) is 4.90 Å². The maximum Gasteiger partial charge on any atom is 0.282 e. The van der Waals surface area contributed by atoms with Crippen molar-refractivity contribution in [1.82, 2.24) is 0 Å². The van der Waals surface area contributed by atoms with Crippen molar-refractivity contribution in [3.8, 4) is 0 Å². The molecule has 0 saturated carbocycles. The molecule has 0 aliphatic carbocycles. The fourth-order valence-electron chi connectivity index (χ4n) is 2.82. The molecule has 1 aliphatic rings. The van der Waals surface area contributed by atoms with Gasteiger partial charge in [0.15, 0.2) is 0 Å². The standard InChI is InChI=1S/C22H16N2O/c25-22-20(16-17-10-4-1-5-11-17)23-21(18-12-6-2-7-13-18)24(22)19-14-8-3-9-15-19/h1-16H/b20-16+. The summed E-state index contributed by atoms with van der Waals surface area (Å²) in [4.78, 5) is 19.4. The Morgan fingerprint density at radius 1 is 0.720 bits per heavy atom. The highest BCUT2D eigenvalue weighted by molar-refractivity contribution is 6.33. The Bertz CT molecular complexity index is 945. The fourth-order valence-corrected chi connectivity index (χ4v) is 2.82. The smallest absolute Gasteiger partial charge is 0.266 e. The number of rotatable bonds is 3. The van der Waals surface area contributed by atoms with Gasteiger partial charge in [0, 0.05) is 5.56 Å². The van der Waals surface area contributed by atoms with Gasteiger partial charge in [0.25, 0.3) is 5.91 Å². The molecule has 1 aliphatic heterocycles. The minimum Gasteiger partial charge on any atom is -0.266 e. The average Bonchev–Trinajstić information content (AvgIpc) is 3.00. The van der Waals surface area contributed by atoms with E-state index >= 15 is 0 Å². The molecule has 3 nitrogen and oxygen atoms in total. The van der Waals surface area contributed by atoms with Crippen molar-refractivity contribution in [2.45, 2.75) is 0 Å². The van der Waals surface area contributed by atoms with E-state index in [2.05, 4.69) is 4.99 Å². The van der Waals surface area contributed by atoms with Crippen LogP contribution in [0.4, 0.5) is 5.69 Å². The molecule has 0 atom stereocenters. The van der Waals surface area contributed by atoms with Crippen LogP contribution in [-0.4, -0.2) is 11.7 Å². The molecule has 0 bridgehead atoms. The highest BCUT2D eigenvalue weighted by Crippen LogP contribution is 2.27. The number of anilines is 1. The summed E-state index contributed by atoms with van der Waals surface area (Å²) in [7, 11) is 0. The maximum atomic E-state index is 13.0. The molecule has 25 heavy (non-hydrogen) atoms. The van der Waals surface area contributed by atoms with Crippen molar-refractivity contribution >= 4 is 23.5 Å². The van der Waals surface area contributed by atoms with Gasteiger partial charge < -0.3 is 0 Å². The Morgan fingerprint density at radius 3 is 1.92 bits per heavy atom. The lowest BCUT2D eigenvalue weighted by Gasteiger charge is -2.18. The quantitative estimate of drug-likeness (QED) is 0.652. The van der Waals surface area contributed by atoms with Crippen LogP contribution in [0.15, 0.2) is 102 Å². The summed E-state index contributed by atoms with van der Waals surface area (Å²) >= 11 is 0. The van der Waals surface area contributed by atoms with E-state index in [9.17, 15) is 4.79 Å². The van der Waals surface area contributed by atoms with Gasteiger partial charge in [-0.05, 0) is 23.8 Å². The minimum absolute atomic E-state index is 0.117. The lowest BCUT2D eigenvalue weighted by atomic mass is 10.1. The van der Waals surface area contributed by atoms with Crippen LogP contribution in [0.2, 0.25) is 0 Å². The third-order valence-electron chi connectivity index (χ3n) is 4.01. The van der Waals surface area contributed by atoms with Crippen molar-refractivity contribution in [3.63, 3.8) is 0 Å². The zero-order valence-corrected chi connectivity index (χ0v) is 13.5. The molecular weight excluding hydrogens is 308 g/mol. The molecule has 0 fully saturated rings. The Morgan fingerprint density at radius 2 is 1.28 bits per heavy atom. The van der Waals surface area contributed by atoms with Gasteiger partial charge in [0.05, 0.1) is 5.69 Å². The molecule has 4 rings (SSSR count). The molecule has 0 N–H and O–H groups in total. The van der Waals surface area contributed by atoms with E-state index in [0.717, 1.165) is 16.8 Å². The van der Waals surface area contributed by atoms with Crippen LogP contribution < -0.4 is 4.90 Å². The lowest BCUT2D eigenvalue weighted by Crippen LogP contribution is -2.32. The highest BCUT2D eigenvalue weighted by Gasteiger charge is 2.32. The third kappa shape index (κ3) is 3.00. The van der Waals surface area contributed by atoms with E-state index in [1.807, 2.05) is 97.1 Å². The van der Waals surface area contributed by atoms with Crippen molar-refractivity contribution in [3.05, 3.63) is 108 Å². The average molecular weight is 324 g/mol. The lowest BCUT2D eigenvalue weighted by molar-refractivity contribution is -0.113. The Labute approximate surface area is 146 Å². The second-order valence-electron chi connectivity index (χ2n) is 5.72. The second-order valence-corrected chi connectivity index (χ2v) is 5.72. The van der Waals surface area contributed by atoms with Gasteiger partial charge in [-0.15, -0.1) is 0 Å². The number of aliphatic imine (C=N–C) groups is 1. The van der Waals surface area contributed by atoms with E-state index < -0.39 is 0 Å². The zero-order valence-electron chi connectivity index (χ0n) is 13.5. The molecule has 3 heteroatoms. The zero-order chi connectivity index (χ0) is 17.1. The van der Waals surface area contributed by atoms with Crippen LogP contribution in [0.1, 0.15) is 11.1 Å². The van der Waals surface area contributed by atoms with Crippen LogP contribution in [-0.2, 0) is 4.79 Å². The molecule has 1 amide bonds. The largest absolute Gasteiger partial charge is 0.282 e. The molecule has 0 aromatic heterocycles. The molecule has 0 unspecified atom stereocenters. The first-order valence-electron chi connectivity index (χ1n) is 8.13. The number of hydrogen-bond acceptors (Lipinski definition) is 2. The molecule has 3 aromatic rings.